The third-order valence-electron chi connectivity index (χ3n) is 1.82. The lowest BCUT2D eigenvalue weighted by molar-refractivity contribution is 1.47. The third-order valence-corrected chi connectivity index (χ3v) is 4.90. The largest absolute Gasteiger partial charge is 0.128 e. The maximum atomic E-state index is 6.23. The summed E-state index contributed by atoms with van der Waals surface area (Å²) < 4.78 is 2.48. The van der Waals surface area contributed by atoms with Gasteiger partial charge in [-0.3, -0.25) is 0 Å². The van der Waals surface area contributed by atoms with E-state index in [1.807, 2.05) is 0 Å². The molecule has 4 heteroatoms. The van der Waals surface area contributed by atoms with Crippen LogP contribution in [0.4, 0.5) is 0 Å². The van der Waals surface area contributed by atoms with Gasteiger partial charge in [-0.2, -0.15) is 0 Å². The van der Waals surface area contributed by atoms with Crippen molar-refractivity contribution in [2.75, 3.05) is 0 Å². The van der Waals surface area contributed by atoms with Crippen LogP contribution in [0.1, 0.15) is 5.56 Å². The number of halogens is 3. The zero-order valence-corrected chi connectivity index (χ0v) is 11.8. The Kier molecular flexibility index (Phi) is 3.18. The van der Waals surface area contributed by atoms with Crippen LogP contribution in [0.5, 0.6) is 0 Å². The molecule has 0 fully saturated rings. The Labute approximate surface area is 108 Å². The summed E-state index contributed by atoms with van der Waals surface area (Å²) >= 11 is 13.7. The fourth-order valence-corrected chi connectivity index (χ4v) is 4.01. The Morgan fingerprint density at radius 2 is 2.23 bits per heavy atom. The summed E-state index contributed by atoms with van der Waals surface area (Å²) in [5, 5.41) is 2.95. The number of thiophene rings is 1. The van der Waals surface area contributed by atoms with Gasteiger partial charge in [0, 0.05) is 5.33 Å². The van der Waals surface area contributed by atoms with Gasteiger partial charge >= 0.3 is 0 Å². The molecule has 0 aliphatic heterocycles. The molecule has 0 unspecified atom stereocenters. The second kappa shape index (κ2) is 4.04. The molecular weight excluding hydrogens is 382 g/mol. The first-order chi connectivity index (χ1) is 6.22. The van der Waals surface area contributed by atoms with Gasteiger partial charge in [-0.25, -0.2) is 0 Å². The highest BCUT2D eigenvalue weighted by atomic mass is 127. The maximum absolute atomic E-state index is 6.23. The highest BCUT2D eigenvalue weighted by molar-refractivity contribution is 14.1. The average Bonchev–Trinajstić information content (AvgIpc) is 2.47. The van der Waals surface area contributed by atoms with E-state index in [4.69, 9.17) is 11.6 Å². The molecular formula is C9H5BrClIS. The lowest BCUT2D eigenvalue weighted by Crippen LogP contribution is -1.78. The Bertz CT molecular complexity index is 452. The number of hydrogen-bond acceptors (Lipinski definition) is 1. The van der Waals surface area contributed by atoms with Crippen LogP contribution < -0.4 is 0 Å². The van der Waals surface area contributed by atoms with Gasteiger partial charge < -0.3 is 0 Å². The first-order valence-electron chi connectivity index (χ1n) is 3.65. The summed E-state index contributed by atoms with van der Waals surface area (Å²) in [4.78, 5) is 0. The van der Waals surface area contributed by atoms with Crippen molar-refractivity contribution in [2.24, 2.45) is 0 Å². The number of benzene rings is 1. The minimum absolute atomic E-state index is 0.816. The van der Waals surface area contributed by atoms with Crippen LogP contribution in [0.2, 0.25) is 5.02 Å². The van der Waals surface area contributed by atoms with Gasteiger partial charge in [-0.15, -0.1) is 11.3 Å². The molecule has 0 radical (unpaired) electrons. The first-order valence-corrected chi connectivity index (χ1v) is 7.04. The first kappa shape index (κ1) is 10.2. The predicted molar refractivity (Wildman–Crippen MR) is 72.2 cm³/mol. The van der Waals surface area contributed by atoms with E-state index in [1.54, 1.807) is 11.3 Å². The minimum atomic E-state index is 0.816. The van der Waals surface area contributed by atoms with Gasteiger partial charge in [-0.1, -0.05) is 39.7 Å². The zero-order chi connectivity index (χ0) is 9.42. The molecule has 68 valence electrons. The number of alkyl halides is 1. The summed E-state index contributed by atoms with van der Waals surface area (Å²) in [5.41, 5.74) is 1.16. The van der Waals surface area contributed by atoms with Crippen molar-refractivity contribution in [3.63, 3.8) is 0 Å². The molecule has 13 heavy (non-hydrogen) atoms. The fourth-order valence-electron chi connectivity index (χ4n) is 1.18. The van der Waals surface area contributed by atoms with Gasteiger partial charge in [-0.05, 0) is 39.6 Å². The summed E-state index contributed by atoms with van der Waals surface area (Å²) in [6, 6.07) is 6.35. The molecule has 0 nitrogen and oxygen atoms in total. The summed E-state index contributed by atoms with van der Waals surface area (Å²) in [5.74, 6) is 0. The van der Waals surface area contributed by atoms with Crippen LogP contribution in [-0.2, 0) is 5.33 Å². The molecule has 2 aromatic rings. The van der Waals surface area contributed by atoms with E-state index >= 15 is 0 Å². The molecule has 0 N–H and O–H groups in total. The number of hydrogen-bond donors (Lipinski definition) is 0. The number of rotatable bonds is 1. The normalized spacial score (nSPS) is 11.0. The van der Waals surface area contributed by atoms with E-state index in [-0.39, 0.29) is 0 Å². The van der Waals surface area contributed by atoms with Crippen LogP contribution in [0.3, 0.4) is 0 Å². The molecule has 0 spiro atoms. The molecule has 0 atom stereocenters. The molecule has 0 amide bonds. The van der Waals surface area contributed by atoms with Crippen LogP contribution in [0, 0.1) is 2.88 Å². The molecule has 1 heterocycles. The molecule has 1 aromatic carbocycles. The number of fused-ring (bicyclic) bond motifs is 1. The van der Waals surface area contributed by atoms with Crippen molar-refractivity contribution in [3.05, 3.63) is 31.7 Å². The lowest BCUT2D eigenvalue weighted by atomic mass is 10.2. The van der Waals surface area contributed by atoms with E-state index in [1.165, 1.54) is 13.0 Å². The van der Waals surface area contributed by atoms with E-state index in [2.05, 4.69) is 56.7 Å². The van der Waals surface area contributed by atoms with Gasteiger partial charge in [0.05, 0.1) is 12.6 Å². The zero-order valence-electron chi connectivity index (χ0n) is 6.48. The van der Waals surface area contributed by atoms with Crippen molar-refractivity contribution < 1.29 is 0 Å². The average molecular weight is 387 g/mol. The van der Waals surface area contributed by atoms with Crippen molar-refractivity contribution in [1.29, 1.82) is 0 Å². The smallest absolute Gasteiger partial charge is 0.0666 e. The van der Waals surface area contributed by atoms with Gasteiger partial charge in [0.2, 0.25) is 0 Å². The molecule has 0 aliphatic carbocycles. The summed E-state index contributed by atoms with van der Waals surface area (Å²) in [6.45, 7) is 0. The molecule has 1 aromatic heterocycles. The minimum Gasteiger partial charge on any atom is -0.128 e. The van der Waals surface area contributed by atoms with E-state index < -0.39 is 0 Å². The second-order valence-corrected chi connectivity index (χ2v) is 6.53. The molecule has 0 aliphatic rings. The maximum Gasteiger partial charge on any atom is 0.0666 e. The molecule has 0 bridgehead atoms. The standard InChI is InChI=1S/C9H5BrClIS/c10-4-6-2-1-5-3-7(12)13-9(5)8(6)11/h1-3H,4H2. The Morgan fingerprint density at radius 1 is 1.46 bits per heavy atom. The van der Waals surface area contributed by atoms with Gasteiger partial charge in [0.1, 0.15) is 0 Å². The van der Waals surface area contributed by atoms with Gasteiger partial charge in [0.15, 0.2) is 0 Å². The SMILES string of the molecule is Clc1c(CBr)ccc2cc(I)sc12. The van der Waals surface area contributed by atoms with Crippen molar-refractivity contribution in [3.8, 4) is 0 Å². The van der Waals surface area contributed by atoms with Gasteiger partial charge in [0.25, 0.3) is 0 Å². The highest BCUT2D eigenvalue weighted by Crippen LogP contribution is 2.35. The Hall–Kier alpha value is 0.680. The fraction of sp³-hybridized carbons (Fsp3) is 0.111. The van der Waals surface area contributed by atoms with Crippen molar-refractivity contribution in [2.45, 2.75) is 5.33 Å². The highest BCUT2D eigenvalue weighted by Gasteiger charge is 2.07. The van der Waals surface area contributed by atoms with E-state index in [9.17, 15) is 0 Å². The lowest BCUT2D eigenvalue weighted by Gasteiger charge is -1.99. The van der Waals surface area contributed by atoms with Crippen LogP contribution in [0.25, 0.3) is 10.1 Å². The van der Waals surface area contributed by atoms with E-state index in [0.717, 1.165) is 15.9 Å². The van der Waals surface area contributed by atoms with E-state index in [0.29, 0.717) is 0 Å². The molecule has 0 saturated carbocycles. The summed E-state index contributed by atoms with van der Waals surface area (Å²) in [7, 11) is 0. The second-order valence-electron chi connectivity index (χ2n) is 2.64. The Morgan fingerprint density at radius 3 is 2.92 bits per heavy atom. The molecule has 0 saturated heterocycles. The van der Waals surface area contributed by atoms with Crippen molar-refractivity contribution in [1.82, 2.24) is 0 Å². The third kappa shape index (κ3) is 1.89. The quantitative estimate of drug-likeness (QED) is 0.474. The monoisotopic (exact) mass is 386 g/mol. The summed E-state index contributed by atoms with van der Waals surface area (Å²) in [6.07, 6.45) is 0. The van der Waals surface area contributed by atoms with Crippen LogP contribution in [0.15, 0.2) is 18.2 Å². The molecule has 2 rings (SSSR count). The van der Waals surface area contributed by atoms with Crippen LogP contribution >= 0.6 is 61.5 Å². The van der Waals surface area contributed by atoms with Crippen LogP contribution in [-0.4, -0.2) is 0 Å². The predicted octanol–water partition coefficient (Wildman–Crippen LogP) is 5.05. The van der Waals surface area contributed by atoms with Crippen molar-refractivity contribution >= 4 is 71.5 Å². The topological polar surface area (TPSA) is 0 Å². The Balaban J connectivity index is 2.78.